The lowest BCUT2D eigenvalue weighted by molar-refractivity contribution is -0.140. The van der Waals surface area contributed by atoms with Gasteiger partial charge in [0.2, 0.25) is 0 Å². The van der Waals surface area contributed by atoms with Crippen molar-refractivity contribution >= 4 is 12.0 Å². The Morgan fingerprint density at radius 3 is 2.48 bits per heavy atom. The standard InChI is InChI=1S/C25H30N2O6/c1-18-22(24(28)32-15-14-31-3)23(26-25(29)27(18)12-13-30-2)20-10-7-11-21(16-20)33-17-19-8-5-4-6-9-19/h4-11,16,23H,12-15,17H2,1-3H3,(H,26,29). The second kappa shape index (κ2) is 12.0. The number of hydrogen-bond acceptors (Lipinski definition) is 6. The van der Waals surface area contributed by atoms with Crippen LogP contribution in [0, 0.1) is 0 Å². The van der Waals surface area contributed by atoms with Crippen molar-refractivity contribution in [3.05, 3.63) is 77.0 Å². The number of carbonyl (C=O) groups excluding carboxylic acids is 2. The molecule has 1 aliphatic rings. The van der Waals surface area contributed by atoms with Crippen LogP contribution in [0.4, 0.5) is 4.79 Å². The molecule has 0 spiro atoms. The highest BCUT2D eigenvalue weighted by atomic mass is 16.6. The van der Waals surface area contributed by atoms with Gasteiger partial charge in [0.1, 0.15) is 19.0 Å². The van der Waals surface area contributed by atoms with E-state index in [1.54, 1.807) is 14.0 Å². The molecule has 0 aliphatic carbocycles. The molecule has 176 valence electrons. The molecule has 2 amide bonds. The number of carbonyl (C=O) groups is 2. The van der Waals surface area contributed by atoms with Crippen molar-refractivity contribution in [2.45, 2.75) is 19.6 Å². The Labute approximate surface area is 194 Å². The summed E-state index contributed by atoms with van der Waals surface area (Å²) in [7, 11) is 3.10. The number of hydrogen-bond donors (Lipinski definition) is 1. The Balaban J connectivity index is 1.87. The largest absolute Gasteiger partial charge is 0.489 e. The number of esters is 1. The van der Waals surface area contributed by atoms with Crippen LogP contribution in [0.2, 0.25) is 0 Å². The molecule has 0 saturated heterocycles. The van der Waals surface area contributed by atoms with E-state index in [1.165, 1.54) is 12.0 Å². The van der Waals surface area contributed by atoms with E-state index in [0.717, 1.165) is 11.1 Å². The first-order valence-electron chi connectivity index (χ1n) is 10.8. The summed E-state index contributed by atoms with van der Waals surface area (Å²) in [5.74, 6) is 0.129. The van der Waals surface area contributed by atoms with Gasteiger partial charge >= 0.3 is 12.0 Å². The number of ether oxygens (including phenoxy) is 4. The van der Waals surface area contributed by atoms with Crippen LogP contribution in [0.25, 0.3) is 0 Å². The van der Waals surface area contributed by atoms with Crippen molar-refractivity contribution in [2.75, 3.05) is 40.6 Å². The fourth-order valence-electron chi connectivity index (χ4n) is 3.57. The van der Waals surface area contributed by atoms with Gasteiger partial charge < -0.3 is 24.3 Å². The van der Waals surface area contributed by atoms with Crippen molar-refractivity contribution < 1.29 is 28.5 Å². The second-order valence-corrected chi connectivity index (χ2v) is 7.50. The smallest absolute Gasteiger partial charge is 0.338 e. The van der Waals surface area contributed by atoms with Gasteiger partial charge in [-0.15, -0.1) is 0 Å². The summed E-state index contributed by atoms with van der Waals surface area (Å²) in [5.41, 5.74) is 2.65. The SMILES string of the molecule is COCCOC(=O)C1=C(C)N(CCOC)C(=O)NC1c1cccc(OCc2ccccc2)c1. The third kappa shape index (κ3) is 6.34. The topological polar surface area (TPSA) is 86.3 Å². The van der Waals surface area contributed by atoms with Gasteiger partial charge in [-0.05, 0) is 30.2 Å². The zero-order chi connectivity index (χ0) is 23.6. The molecule has 33 heavy (non-hydrogen) atoms. The van der Waals surface area contributed by atoms with Gasteiger partial charge in [0, 0.05) is 19.9 Å². The monoisotopic (exact) mass is 454 g/mol. The predicted molar refractivity (Wildman–Crippen MR) is 123 cm³/mol. The average Bonchev–Trinajstić information content (AvgIpc) is 2.83. The molecule has 0 fully saturated rings. The minimum atomic E-state index is -0.674. The number of benzene rings is 2. The summed E-state index contributed by atoms with van der Waals surface area (Å²) in [4.78, 5) is 27.3. The van der Waals surface area contributed by atoms with E-state index in [9.17, 15) is 9.59 Å². The molecule has 8 heteroatoms. The molecular weight excluding hydrogens is 424 g/mol. The van der Waals surface area contributed by atoms with E-state index in [1.807, 2.05) is 54.6 Å². The lowest BCUT2D eigenvalue weighted by atomic mass is 9.94. The molecule has 0 bridgehead atoms. The number of methoxy groups -OCH3 is 2. The van der Waals surface area contributed by atoms with Gasteiger partial charge in [-0.1, -0.05) is 42.5 Å². The molecule has 1 heterocycles. The maximum absolute atomic E-state index is 13.0. The number of nitrogens with zero attached hydrogens (tertiary/aromatic N) is 1. The van der Waals surface area contributed by atoms with Crippen LogP contribution in [0.15, 0.2) is 65.9 Å². The van der Waals surface area contributed by atoms with Crippen LogP contribution in [0.1, 0.15) is 24.1 Å². The van der Waals surface area contributed by atoms with E-state index in [2.05, 4.69) is 5.32 Å². The van der Waals surface area contributed by atoms with Gasteiger partial charge in [-0.3, -0.25) is 4.90 Å². The highest BCUT2D eigenvalue weighted by Gasteiger charge is 2.36. The normalized spacial score (nSPS) is 15.9. The summed E-state index contributed by atoms with van der Waals surface area (Å²) < 4.78 is 21.4. The van der Waals surface area contributed by atoms with Crippen LogP contribution in [-0.2, 0) is 25.6 Å². The minimum Gasteiger partial charge on any atom is -0.489 e. The number of urea groups is 1. The number of amides is 2. The maximum atomic E-state index is 13.0. The van der Waals surface area contributed by atoms with Gasteiger partial charge in [0.05, 0.1) is 31.4 Å². The third-order valence-corrected chi connectivity index (χ3v) is 5.30. The summed E-state index contributed by atoms with van der Waals surface area (Å²) in [6.07, 6.45) is 0. The maximum Gasteiger partial charge on any atom is 0.338 e. The van der Waals surface area contributed by atoms with Crippen LogP contribution in [0.3, 0.4) is 0 Å². The molecule has 1 N–H and O–H groups in total. The van der Waals surface area contributed by atoms with Crippen molar-refractivity contribution in [3.8, 4) is 5.75 Å². The molecule has 1 aliphatic heterocycles. The third-order valence-electron chi connectivity index (χ3n) is 5.30. The lowest BCUT2D eigenvalue weighted by Gasteiger charge is -2.35. The van der Waals surface area contributed by atoms with E-state index >= 15 is 0 Å². The Bertz CT molecular complexity index is 976. The first-order chi connectivity index (χ1) is 16.0. The summed E-state index contributed by atoms with van der Waals surface area (Å²) in [6.45, 7) is 3.20. The van der Waals surface area contributed by atoms with Crippen LogP contribution in [0.5, 0.6) is 5.75 Å². The predicted octanol–water partition coefficient (Wildman–Crippen LogP) is 3.44. The van der Waals surface area contributed by atoms with Crippen LogP contribution in [-0.4, -0.2) is 57.5 Å². The lowest BCUT2D eigenvalue weighted by Crippen LogP contribution is -2.49. The summed E-state index contributed by atoms with van der Waals surface area (Å²) in [6, 6.07) is 16.2. The Hall–Kier alpha value is -3.36. The highest BCUT2D eigenvalue weighted by molar-refractivity contribution is 5.95. The minimum absolute atomic E-state index is 0.116. The quantitative estimate of drug-likeness (QED) is 0.414. The summed E-state index contributed by atoms with van der Waals surface area (Å²) in [5, 5.41) is 2.93. The van der Waals surface area contributed by atoms with E-state index < -0.39 is 12.0 Å². The zero-order valence-electron chi connectivity index (χ0n) is 19.2. The fourth-order valence-corrected chi connectivity index (χ4v) is 3.57. The Kier molecular flexibility index (Phi) is 8.86. The van der Waals surface area contributed by atoms with Crippen LogP contribution >= 0.6 is 0 Å². The van der Waals surface area contributed by atoms with Crippen molar-refractivity contribution in [3.63, 3.8) is 0 Å². The average molecular weight is 455 g/mol. The first kappa shape index (κ1) is 24.3. The van der Waals surface area contributed by atoms with Crippen LogP contribution < -0.4 is 10.1 Å². The molecule has 0 saturated carbocycles. The van der Waals surface area contributed by atoms with E-state index in [-0.39, 0.29) is 19.2 Å². The van der Waals surface area contributed by atoms with E-state index in [4.69, 9.17) is 18.9 Å². The fraction of sp³-hybridized carbons (Fsp3) is 0.360. The number of rotatable bonds is 11. The van der Waals surface area contributed by atoms with Gasteiger partial charge in [0.25, 0.3) is 0 Å². The van der Waals surface area contributed by atoms with E-state index in [0.29, 0.717) is 36.8 Å². The number of allylic oxidation sites excluding steroid dienone is 1. The number of nitrogens with one attached hydrogen (secondary N) is 1. The molecule has 8 nitrogen and oxygen atoms in total. The van der Waals surface area contributed by atoms with Gasteiger partial charge in [-0.25, -0.2) is 9.59 Å². The molecule has 1 unspecified atom stereocenters. The van der Waals surface area contributed by atoms with Crippen molar-refractivity contribution in [2.24, 2.45) is 0 Å². The summed E-state index contributed by atoms with van der Waals surface area (Å²) >= 11 is 0. The molecule has 3 rings (SSSR count). The van der Waals surface area contributed by atoms with Gasteiger partial charge in [0.15, 0.2) is 0 Å². The molecule has 2 aromatic carbocycles. The second-order valence-electron chi connectivity index (χ2n) is 7.50. The Morgan fingerprint density at radius 2 is 1.76 bits per heavy atom. The molecule has 2 aromatic rings. The zero-order valence-corrected chi connectivity index (χ0v) is 19.2. The molecule has 1 atom stereocenters. The molecular formula is C25H30N2O6. The highest BCUT2D eigenvalue weighted by Crippen LogP contribution is 2.33. The van der Waals surface area contributed by atoms with Crippen molar-refractivity contribution in [1.29, 1.82) is 0 Å². The van der Waals surface area contributed by atoms with Gasteiger partial charge in [-0.2, -0.15) is 0 Å². The first-order valence-corrected chi connectivity index (χ1v) is 10.8. The molecule has 0 radical (unpaired) electrons. The Morgan fingerprint density at radius 1 is 1.00 bits per heavy atom. The molecule has 0 aromatic heterocycles. The van der Waals surface area contributed by atoms with Crippen molar-refractivity contribution in [1.82, 2.24) is 10.2 Å².